The zero-order chi connectivity index (χ0) is 23.3. The first kappa shape index (κ1) is 22.7. The molecule has 2 unspecified atom stereocenters. The number of aryl methyl sites for hydroxylation is 2. The minimum absolute atomic E-state index is 0.0192. The Kier molecular flexibility index (Phi) is 5.79. The highest BCUT2D eigenvalue weighted by atomic mass is 16.5. The van der Waals surface area contributed by atoms with Crippen molar-refractivity contribution in [3.63, 3.8) is 0 Å². The number of aliphatic hydroxyl groups excluding tert-OH is 1. The quantitative estimate of drug-likeness (QED) is 0.554. The third-order valence-corrected chi connectivity index (χ3v) is 7.51. The molecular formula is C24H33N3O5. The predicted octanol–water partition coefficient (Wildman–Crippen LogP) is 1.53. The highest BCUT2D eigenvalue weighted by Crippen LogP contribution is 2.63. The van der Waals surface area contributed by atoms with Gasteiger partial charge in [0.15, 0.2) is 0 Å². The Morgan fingerprint density at radius 3 is 2.66 bits per heavy atom. The van der Waals surface area contributed by atoms with Crippen LogP contribution in [0.15, 0.2) is 18.2 Å². The third kappa shape index (κ3) is 3.31. The number of hydrogen-bond acceptors (Lipinski definition) is 5. The molecule has 3 fully saturated rings. The van der Waals surface area contributed by atoms with Crippen molar-refractivity contribution in [3.05, 3.63) is 29.3 Å². The number of nitrogens with zero attached hydrogens (tertiary/aromatic N) is 1. The number of hydrogen-bond donors (Lipinski definition) is 3. The Balaban J connectivity index is 1.72. The van der Waals surface area contributed by atoms with Crippen molar-refractivity contribution in [2.45, 2.75) is 63.7 Å². The fourth-order valence-electron chi connectivity index (χ4n) is 5.99. The molecule has 1 aromatic rings. The number of fused-ring (bicyclic) bond motifs is 1. The van der Waals surface area contributed by atoms with E-state index in [2.05, 4.69) is 10.6 Å². The minimum Gasteiger partial charge on any atom is -0.396 e. The summed E-state index contributed by atoms with van der Waals surface area (Å²) in [6.07, 6.45) is 2.27. The second-order valence-corrected chi connectivity index (χ2v) is 9.61. The number of carbonyl (C=O) groups excluding carboxylic acids is 3. The summed E-state index contributed by atoms with van der Waals surface area (Å²) >= 11 is 0. The predicted molar refractivity (Wildman–Crippen MR) is 119 cm³/mol. The largest absolute Gasteiger partial charge is 0.396 e. The lowest BCUT2D eigenvalue weighted by Crippen LogP contribution is -2.53. The van der Waals surface area contributed by atoms with E-state index in [1.165, 1.54) is 0 Å². The summed E-state index contributed by atoms with van der Waals surface area (Å²) in [5, 5.41) is 14.9. The van der Waals surface area contributed by atoms with Crippen molar-refractivity contribution in [2.24, 2.45) is 11.8 Å². The summed E-state index contributed by atoms with van der Waals surface area (Å²) < 4.78 is 6.51. The fraction of sp³-hybridized carbons (Fsp3) is 0.625. The number of ether oxygens (including phenoxy) is 1. The Labute approximate surface area is 188 Å². The molecule has 3 amide bonds. The van der Waals surface area contributed by atoms with Gasteiger partial charge in [-0.15, -0.1) is 0 Å². The fourth-order valence-corrected chi connectivity index (χ4v) is 5.99. The first-order valence-electron chi connectivity index (χ1n) is 11.4. The maximum atomic E-state index is 13.7. The van der Waals surface area contributed by atoms with Gasteiger partial charge in [0.25, 0.3) is 0 Å². The molecule has 3 N–H and O–H groups in total. The number of rotatable bonds is 7. The molecule has 5 atom stereocenters. The summed E-state index contributed by atoms with van der Waals surface area (Å²) in [5.74, 6) is -2.04. The molecule has 1 aromatic carbocycles. The van der Waals surface area contributed by atoms with Gasteiger partial charge in [-0.2, -0.15) is 0 Å². The van der Waals surface area contributed by atoms with Gasteiger partial charge in [-0.1, -0.05) is 12.1 Å². The highest BCUT2D eigenvalue weighted by Gasteiger charge is 2.77. The second kappa shape index (κ2) is 8.15. The maximum absolute atomic E-state index is 13.7. The number of carbonyl (C=O) groups is 3. The smallest absolute Gasteiger partial charge is 0.250 e. The Morgan fingerprint density at radius 1 is 1.22 bits per heavy atom. The van der Waals surface area contributed by atoms with Crippen molar-refractivity contribution >= 4 is 23.4 Å². The first-order valence-corrected chi connectivity index (χ1v) is 11.4. The van der Waals surface area contributed by atoms with E-state index in [1.807, 2.05) is 39.0 Å². The number of amides is 3. The molecule has 8 heteroatoms. The van der Waals surface area contributed by atoms with Crippen molar-refractivity contribution < 1.29 is 24.2 Å². The molecular weight excluding hydrogens is 410 g/mol. The van der Waals surface area contributed by atoms with Crippen LogP contribution in [-0.4, -0.2) is 65.2 Å². The lowest BCUT2D eigenvalue weighted by atomic mass is 9.66. The van der Waals surface area contributed by atoms with Crippen LogP contribution in [0, 0.1) is 25.7 Å². The maximum Gasteiger partial charge on any atom is 0.250 e. The van der Waals surface area contributed by atoms with E-state index >= 15 is 0 Å². The van der Waals surface area contributed by atoms with Crippen LogP contribution in [-0.2, 0) is 19.1 Å². The molecule has 0 radical (unpaired) electrons. The molecule has 8 nitrogen and oxygen atoms in total. The number of anilines is 1. The monoisotopic (exact) mass is 443 g/mol. The average molecular weight is 444 g/mol. The van der Waals surface area contributed by atoms with Crippen LogP contribution in [0.25, 0.3) is 0 Å². The molecule has 3 saturated heterocycles. The van der Waals surface area contributed by atoms with E-state index in [4.69, 9.17) is 4.74 Å². The summed E-state index contributed by atoms with van der Waals surface area (Å²) in [6.45, 7) is 6.12. The Morgan fingerprint density at radius 2 is 1.97 bits per heavy atom. The molecule has 4 rings (SSSR count). The van der Waals surface area contributed by atoms with Gasteiger partial charge in [-0.3, -0.25) is 14.4 Å². The second-order valence-electron chi connectivity index (χ2n) is 9.61. The molecule has 2 bridgehead atoms. The van der Waals surface area contributed by atoms with Crippen LogP contribution in [0.5, 0.6) is 0 Å². The molecule has 3 heterocycles. The van der Waals surface area contributed by atoms with E-state index in [1.54, 1.807) is 11.9 Å². The van der Waals surface area contributed by atoms with Crippen molar-refractivity contribution in [3.8, 4) is 0 Å². The molecule has 3 aliphatic rings. The van der Waals surface area contributed by atoms with Gasteiger partial charge in [-0.25, -0.2) is 0 Å². The molecule has 3 aliphatic heterocycles. The van der Waals surface area contributed by atoms with Crippen LogP contribution in [0.4, 0.5) is 5.69 Å². The van der Waals surface area contributed by atoms with E-state index in [9.17, 15) is 19.5 Å². The zero-order valence-electron chi connectivity index (χ0n) is 19.2. The molecule has 0 aliphatic carbocycles. The standard InChI is InChI=1S/C24H33N3O5/c1-14-7-8-15(2)16(13-14)26-21(30)19-24-10-9-23(3,32-24)17(20(29)25-4)18(24)22(31)27(19)11-5-6-12-28/h7-8,13,17-19,28H,5-6,9-12H2,1-4H3,(H,25,29)(H,26,30)/t17-,18+,19?,23+,24?/m1/s1. The van der Waals surface area contributed by atoms with Gasteiger partial charge >= 0.3 is 0 Å². The number of benzene rings is 1. The lowest BCUT2D eigenvalue weighted by Gasteiger charge is -2.33. The minimum atomic E-state index is -1.02. The van der Waals surface area contributed by atoms with Crippen molar-refractivity contribution in [2.75, 3.05) is 25.5 Å². The van der Waals surface area contributed by atoms with Crippen LogP contribution in [0.3, 0.4) is 0 Å². The lowest BCUT2D eigenvalue weighted by molar-refractivity contribution is -0.144. The number of nitrogens with one attached hydrogen (secondary N) is 2. The van der Waals surface area contributed by atoms with E-state index < -0.39 is 29.1 Å². The Hall–Kier alpha value is -2.45. The Bertz CT molecular complexity index is 950. The van der Waals surface area contributed by atoms with Gasteiger partial charge in [0.05, 0.1) is 17.4 Å². The van der Waals surface area contributed by atoms with Gasteiger partial charge in [-0.05, 0) is 63.6 Å². The van der Waals surface area contributed by atoms with Crippen LogP contribution in [0.1, 0.15) is 43.7 Å². The number of unbranched alkanes of at least 4 members (excludes halogenated alkanes) is 1. The van der Waals surface area contributed by atoms with Crippen LogP contribution in [0.2, 0.25) is 0 Å². The summed E-state index contributed by atoms with van der Waals surface area (Å²) in [6, 6.07) is 5.02. The average Bonchev–Trinajstić information content (AvgIpc) is 3.31. The topological polar surface area (TPSA) is 108 Å². The van der Waals surface area contributed by atoms with E-state index in [0.717, 1.165) is 11.1 Å². The molecule has 0 saturated carbocycles. The summed E-state index contributed by atoms with van der Waals surface area (Å²) in [4.78, 5) is 41.8. The van der Waals surface area contributed by atoms with Crippen molar-refractivity contribution in [1.29, 1.82) is 0 Å². The van der Waals surface area contributed by atoms with Gasteiger partial charge in [0.2, 0.25) is 17.7 Å². The van der Waals surface area contributed by atoms with Crippen LogP contribution >= 0.6 is 0 Å². The summed E-state index contributed by atoms with van der Waals surface area (Å²) in [5.41, 5.74) is 0.870. The number of aliphatic hydroxyl groups is 1. The zero-order valence-corrected chi connectivity index (χ0v) is 19.2. The van der Waals surface area contributed by atoms with Gasteiger partial charge in [0.1, 0.15) is 11.6 Å². The van der Waals surface area contributed by atoms with E-state index in [0.29, 0.717) is 37.9 Å². The van der Waals surface area contributed by atoms with Crippen molar-refractivity contribution in [1.82, 2.24) is 10.2 Å². The molecule has 174 valence electrons. The number of likely N-dealkylation sites (tertiary alicyclic amines) is 1. The third-order valence-electron chi connectivity index (χ3n) is 7.51. The van der Waals surface area contributed by atoms with E-state index in [-0.39, 0.29) is 24.3 Å². The molecule has 32 heavy (non-hydrogen) atoms. The molecule has 0 aromatic heterocycles. The van der Waals surface area contributed by atoms with Crippen LogP contribution < -0.4 is 10.6 Å². The summed E-state index contributed by atoms with van der Waals surface area (Å²) in [7, 11) is 1.56. The SMILES string of the molecule is CNC(=O)[C@H]1[C@H]2C(=O)N(CCCCO)C(C(=O)Nc3cc(C)ccc3C)C23CC[C@]1(C)O3. The van der Waals surface area contributed by atoms with Gasteiger partial charge < -0.3 is 25.4 Å². The first-order chi connectivity index (χ1) is 15.2. The molecule has 1 spiro atoms. The highest BCUT2D eigenvalue weighted by molar-refractivity contribution is 6.04. The van der Waals surface area contributed by atoms with Gasteiger partial charge in [0, 0.05) is 25.9 Å². The normalized spacial score (nSPS) is 32.8.